The third-order valence-corrected chi connectivity index (χ3v) is 2.16. The standard InChI is InChI=1S/C9H6N2O4S/c1-15-9(12)8-6(11(13)14)2-5(4-10)3-7(8)16/h2-3,16H,1H3. The van der Waals surface area contributed by atoms with Crippen molar-refractivity contribution >= 4 is 24.3 Å². The topological polar surface area (TPSA) is 93.2 Å². The molecule has 0 heterocycles. The second-order valence-electron chi connectivity index (χ2n) is 2.75. The number of carbonyl (C=O) groups is 1. The van der Waals surface area contributed by atoms with Gasteiger partial charge in [0.25, 0.3) is 5.69 Å². The normalized spacial score (nSPS) is 9.31. The summed E-state index contributed by atoms with van der Waals surface area (Å²) in [4.78, 5) is 21.3. The van der Waals surface area contributed by atoms with E-state index in [0.29, 0.717) is 0 Å². The van der Waals surface area contributed by atoms with Crippen LogP contribution in [0, 0.1) is 21.4 Å². The minimum Gasteiger partial charge on any atom is -0.465 e. The number of hydrogen-bond donors (Lipinski definition) is 1. The van der Waals surface area contributed by atoms with Crippen molar-refractivity contribution in [2.24, 2.45) is 0 Å². The molecule has 0 saturated heterocycles. The molecule has 1 aromatic carbocycles. The number of benzene rings is 1. The number of hydrogen-bond acceptors (Lipinski definition) is 6. The van der Waals surface area contributed by atoms with E-state index in [1.165, 1.54) is 6.07 Å². The Bertz CT molecular complexity index is 507. The molecule has 0 aliphatic heterocycles. The molecule has 0 N–H and O–H groups in total. The third kappa shape index (κ3) is 2.12. The molecule has 0 radical (unpaired) electrons. The predicted molar refractivity (Wildman–Crippen MR) is 56.4 cm³/mol. The lowest BCUT2D eigenvalue weighted by Crippen LogP contribution is -2.07. The van der Waals surface area contributed by atoms with Crippen molar-refractivity contribution in [2.45, 2.75) is 4.90 Å². The zero-order valence-corrected chi connectivity index (χ0v) is 9.02. The van der Waals surface area contributed by atoms with Crippen molar-refractivity contribution in [3.63, 3.8) is 0 Å². The average Bonchev–Trinajstić information content (AvgIpc) is 2.26. The Labute approximate surface area is 96.0 Å². The lowest BCUT2D eigenvalue weighted by Gasteiger charge is -2.04. The zero-order chi connectivity index (χ0) is 12.3. The van der Waals surface area contributed by atoms with Gasteiger partial charge in [0, 0.05) is 11.0 Å². The Morgan fingerprint density at radius 3 is 2.69 bits per heavy atom. The quantitative estimate of drug-likeness (QED) is 0.365. The van der Waals surface area contributed by atoms with E-state index < -0.39 is 16.6 Å². The molecule has 0 atom stereocenters. The van der Waals surface area contributed by atoms with E-state index >= 15 is 0 Å². The van der Waals surface area contributed by atoms with Gasteiger partial charge in [-0.05, 0) is 6.07 Å². The summed E-state index contributed by atoms with van der Waals surface area (Å²) in [5.41, 5.74) is -0.685. The molecule has 0 amide bonds. The summed E-state index contributed by atoms with van der Waals surface area (Å²) in [5, 5.41) is 19.3. The highest BCUT2D eigenvalue weighted by Gasteiger charge is 2.24. The van der Waals surface area contributed by atoms with Gasteiger partial charge in [-0.25, -0.2) is 4.79 Å². The van der Waals surface area contributed by atoms with E-state index in [0.717, 1.165) is 13.2 Å². The van der Waals surface area contributed by atoms with Gasteiger partial charge >= 0.3 is 5.97 Å². The first-order valence-corrected chi connectivity index (χ1v) is 4.45. The van der Waals surface area contributed by atoms with Crippen LogP contribution in [-0.4, -0.2) is 18.0 Å². The van der Waals surface area contributed by atoms with Gasteiger partial charge in [0.2, 0.25) is 0 Å². The van der Waals surface area contributed by atoms with Crippen molar-refractivity contribution in [2.75, 3.05) is 7.11 Å². The van der Waals surface area contributed by atoms with Gasteiger partial charge in [0.1, 0.15) is 0 Å². The molecule has 6 nitrogen and oxygen atoms in total. The van der Waals surface area contributed by atoms with Gasteiger partial charge in [-0.15, -0.1) is 12.6 Å². The van der Waals surface area contributed by atoms with Crippen molar-refractivity contribution < 1.29 is 14.5 Å². The fourth-order valence-corrected chi connectivity index (χ4v) is 1.48. The van der Waals surface area contributed by atoms with Crippen molar-refractivity contribution in [3.8, 4) is 6.07 Å². The number of methoxy groups -OCH3 is 1. The third-order valence-electron chi connectivity index (χ3n) is 1.81. The van der Waals surface area contributed by atoms with Gasteiger partial charge < -0.3 is 4.74 Å². The molecule has 0 fully saturated rings. The maximum Gasteiger partial charge on any atom is 0.346 e. The Kier molecular flexibility index (Phi) is 3.48. The largest absolute Gasteiger partial charge is 0.465 e. The van der Waals surface area contributed by atoms with Gasteiger partial charge in [-0.2, -0.15) is 5.26 Å². The fourth-order valence-electron chi connectivity index (χ4n) is 1.13. The van der Waals surface area contributed by atoms with Crippen LogP contribution >= 0.6 is 12.6 Å². The average molecular weight is 238 g/mol. The minimum atomic E-state index is -0.860. The molecule has 0 aliphatic carbocycles. The molecular formula is C9H6N2O4S. The van der Waals surface area contributed by atoms with Crippen LogP contribution in [0.4, 0.5) is 5.69 Å². The lowest BCUT2D eigenvalue weighted by atomic mass is 10.1. The summed E-state index contributed by atoms with van der Waals surface area (Å²) in [6.07, 6.45) is 0. The highest BCUT2D eigenvalue weighted by Crippen LogP contribution is 2.27. The monoisotopic (exact) mass is 238 g/mol. The van der Waals surface area contributed by atoms with Gasteiger partial charge in [0.05, 0.1) is 23.7 Å². The highest BCUT2D eigenvalue weighted by atomic mass is 32.1. The smallest absolute Gasteiger partial charge is 0.346 e. The van der Waals surface area contributed by atoms with Crippen LogP contribution in [0.25, 0.3) is 0 Å². The second-order valence-corrected chi connectivity index (χ2v) is 3.23. The first kappa shape index (κ1) is 12.0. The molecule has 1 rings (SSSR count). The van der Waals surface area contributed by atoms with Crippen LogP contribution in [0.5, 0.6) is 0 Å². The zero-order valence-electron chi connectivity index (χ0n) is 8.13. The number of thiol groups is 1. The second kappa shape index (κ2) is 4.63. The Morgan fingerprint density at radius 2 is 2.25 bits per heavy atom. The molecule has 7 heteroatoms. The van der Waals surface area contributed by atoms with Crippen LogP contribution in [0.15, 0.2) is 17.0 Å². The number of nitro groups is 1. The number of nitriles is 1. The van der Waals surface area contributed by atoms with Crippen LogP contribution in [0.2, 0.25) is 0 Å². The SMILES string of the molecule is COC(=O)c1c(S)cc(C#N)cc1[N+](=O)[O-]. The van der Waals surface area contributed by atoms with Gasteiger partial charge in [-0.3, -0.25) is 10.1 Å². The van der Waals surface area contributed by atoms with Crippen molar-refractivity contribution in [3.05, 3.63) is 33.4 Å². The summed E-state index contributed by atoms with van der Waals surface area (Å²) in [5.74, 6) is -0.860. The van der Waals surface area contributed by atoms with Crippen molar-refractivity contribution in [1.29, 1.82) is 5.26 Å². The Morgan fingerprint density at radius 1 is 1.62 bits per heavy atom. The number of rotatable bonds is 2. The van der Waals surface area contributed by atoms with E-state index in [-0.39, 0.29) is 16.0 Å². The minimum absolute atomic E-state index is 0.0394. The summed E-state index contributed by atoms with van der Waals surface area (Å²) in [7, 11) is 1.11. The number of carbonyl (C=O) groups excluding carboxylic acids is 1. The maximum atomic E-state index is 11.3. The number of esters is 1. The van der Waals surface area contributed by atoms with Crippen LogP contribution in [0.1, 0.15) is 15.9 Å². The van der Waals surface area contributed by atoms with E-state index in [4.69, 9.17) is 5.26 Å². The molecule has 82 valence electrons. The first-order valence-electron chi connectivity index (χ1n) is 4.01. The fraction of sp³-hybridized carbons (Fsp3) is 0.111. The number of nitrogens with zero attached hydrogens (tertiary/aromatic N) is 2. The van der Waals surface area contributed by atoms with Crippen LogP contribution in [0.3, 0.4) is 0 Å². The predicted octanol–water partition coefficient (Wildman–Crippen LogP) is 1.54. The van der Waals surface area contributed by atoms with Gasteiger partial charge in [-0.1, -0.05) is 0 Å². The first-order chi connectivity index (χ1) is 7.51. The van der Waals surface area contributed by atoms with E-state index in [2.05, 4.69) is 17.4 Å². The molecule has 1 aromatic rings. The summed E-state index contributed by atoms with van der Waals surface area (Å²) in [6.45, 7) is 0. The molecular weight excluding hydrogens is 232 g/mol. The molecule has 0 spiro atoms. The Hall–Kier alpha value is -2.07. The van der Waals surface area contributed by atoms with E-state index in [1.54, 1.807) is 6.07 Å². The van der Waals surface area contributed by atoms with Gasteiger partial charge in [0.15, 0.2) is 5.56 Å². The van der Waals surface area contributed by atoms with Crippen LogP contribution < -0.4 is 0 Å². The summed E-state index contributed by atoms with van der Waals surface area (Å²) < 4.78 is 4.41. The lowest BCUT2D eigenvalue weighted by molar-refractivity contribution is -0.385. The highest BCUT2D eigenvalue weighted by molar-refractivity contribution is 7.80. The molecule has 0 saturated carbocycles. The molecule has 0 unspecified atom stereocenters. The van der Waals surface area contributed by atoms with E-state index in [9.17, 15) is 14.9 Å². The van der Waals surface area contributed by atoms with E-state index in [1.807, 2.05) is 0 Å². The van der Waals surface area contributed by atoms with Crippen LogP contribution in [-0.2, 0) is 4.74 Å². The number of nitro benzene ring substituents is 1. The summed E-state index contributed by atoms with van der Waals surface area (Å²) in [6, 6.07) is 4.01. The molecule has 0 aromatic heterocycles. The summed E-state index contributed by atoms with van der Waals surface area (Å²) >= 11 is 3.92. The Balaban J connectivity index is 3.53. The maximum absolute atomic E-state index is 11.3. The molecule has 0 aliphatic rings. The molecule has 0 bridgehead atoms. The van der Waals surface area contributed by atoms with Crippen molar-refractivity contribution in [1.82, 2.24) is 0 Å². The molecule has 16 heavy (non-hydrogen) atoms. The number of ether oxygens (including phenoxy) is 1.